The third-order valence-electron chi connectivity index (χ3n) is 4.91. The first-order valence-electron chi connectivity index (χ1n) is 11.4. The number of aryl methyl sites for hydroxylation is 1. The van der Waals surface area contributed by atoms with Crippen molar-refractivity contribution in [1.29, 1.82) is 0 Å². The lowest BCUT2D eigenvalue weighted by Crippen LogP contribution is -2.13. The summed E-state index contributed by atoms with van der Waals surface area (Å²) in [5.74, 6) is 0.455. The van der Waals surface area contributed by atoms with Crippen molar-refractivity contribution < 1.29 is 19.1 Å². The second-order valence-corrected chi connectivity index (χ2v) is 7.64. The van der Waals surface area contributed by atoms with Gasteiger partial charge in [0.25, 0.3) is 0 Å². The van der Waals surface area contributed by atoms with E-state index in [1.807, 2.05) is 42.5 Å². The van der Waals surface area contributed by atoms with E-state index in [4.69, 9.17) is 9.47 Å². The molecular formula is C26H35NO4. The molecule has 1 N–H and O–H groups in total. The van der Waals surface area contributed by atoms with Gasteiger partial charge in [-0.2, -0.15) is 0 Å². The van der Waals surface area contributed by atoms with E-state index in [2.05, 4.69) is 24.4 Å². The highest BCUT2D eigenvalue weighted by Gasteiger charge is 2.07. The number of hydrogen-bond acceptors (Lipinski definition) is 4. The molecule has 0 radical (unpaired) electrons. The molecule has 2 aromatic rings. The zero-order chi connectivity index (χ0) is 22.2. The van der Waals surface area contributed by atoms with Crippen LogP contribution in [-0.2, 0) is 20.7 Å². The lowest BCUT2D eigenvalue weighted by molar-refractivity contribution is -0.143. The quantitative estimate of drug-likeness (QED) is 0.284. The van der Waals surface area contributed by atoms with Crippen molar-refractivity contribution in [3.05, 3.63) is 60.2 Å². The van der Waals surface area contributed by atoms with E-state index in [9.17, 15) is 9.59 Å². The number of amides is 1. The van der Waals surface area contributed by atoms with Crippen molar-refractivity contribution in [2.75, 3.05) is 18.5 Å². The number of esters is 1. The highest BCUT2D eigenvalue weighted by Crippen LogP contribution is 2.17. The number of carbonyl (C=O) groups excluding carboxylic acids is 2. The average Bonchev–Trinajstić information content (AvgIpc) is 2.78. The van der Waals surface area contributed by atoms with Gasteiger partial charge in [0.15, 0.2) is 0 Å². The summed E-state index contributed by atoms with van der Waals surface area (Å²) in [6, 6.07) is 17.5. The van der Waals surface area contributed by atoms with Gasteiger partial charge in [-0.25, -0.2) is 0 Å². The maximum absolute atomic E-state index is 12.1. The Bertz CT molecular complexity index is 759. The Hall–Kier alpha value is -2.82. The summed E-state index contributed by atoms with van der Waals surface area (Å²) in [7, 11) is 0. The van der Waals surface area contributed by atoms with Crippen LogP contribution in [0.25, 0.3) is 0 Å². The molecule has 5 nitrogen and oxygen atoms in total. The molecular weight excluding hydrogens is 390 g/mol. The van der Waals surface area contributed by atoms with Gasteiger partial charge in [0, 0.05) is 18.5 Å². The molecule has 0 bridgehead atoms. The van der Waals surface area contributed by atoms with Crippen molar-refractivity contribution >= 4 is 17.6 Å². The summed E-state index contributed by atoms with van der Waals surface area (Å²) >= 11 is 0. The van der Waals surface area contributed by atoms with Crippen LogP contribution in [0.3, 0.4) is 0 Å². The van der Waals surface area contributed by atoms with Crippen molar-refractivity contribution in [3.8, 4) is 5.75 Å². The molecule has 2 aromatic carbocycles. The van der Waals surface area contributed by atoms with Gasteiger partial charge in [-0.1, -0.05) is 56.5 Å². The molecule has 0 fully saturated rings. The first-order valence-corrected chi connectivity index (χ1v) is 11.4. The van der Waals surface area contributed by atoms with Crippen LogP contribution in [0.2, 0.25) is 0 Å². The van der Waals surface area contributed by atoms with E-state index in [1.165, 1.54) is 24.8 Å². The molecule has 31 heavy (non-hydrogen) atoms. The zero-order valence-corrected chi connectivity index (χ0v) is 18.6. The smallest absolute Gasteiger partial charge is 0.305 e. The van der Waals surface area contributed by atoms with Gasteiger partial charge < -0.3 is 14.8 Å². The van der Waals surface area contributed by atoms with Crippen molar-refractivity contribution in [2.24, 2.45) is 0 Å². The fourth-order valence-corrected chi connectivity index (χ4v) is 3.15. The summed E-state index contributed by atoms with van der Waals surface area (Å²) in [5, 5.41) is 2.85. The second kappa shape index (κ2) is 15.1. The Morgan fingerprint density at radius 2 is 1.58 bits per heavy atom. The van der Waals surface area contributed by atoms with E-state index in [0.717, 1.165) is 30.7 Å². The molecule has 0 atom stereocenters. The van der Waals surface area contributed by atoms with Crippen LogP contribution < -0.4 is 10.1 Å². The third-order valence-corrected chi connectivity index (χ3v) is 4.91. The molecule has 0 saturated carbocycles. The van der Waals surface area contributed by atoms with Gasteiger partial charge in [-0.3, -0.25) is 9.59 Å². The van der Waals surface area contributed by atoms with Gasteiger partial charge in [0.1, 0.15) is 5.75 Å². The maximum Gasteiger partial charge on any atom is 0.305 e. The van der Waals surface area contributed by atoms with Crippen LogP contribution in [0.5, 0.6) is 5.75 Å². The minimum absolute atomic E-state index is 0.106. The molecule has 0 aliphatic heterocycles. The number of nitrogens with one attached hydrogen (secondary N) is 1. The molecule has 5 heteroatoms. The minimum atomic E-state index is -0.249. The van der Waals surface area contributed by atoms with Gasteiger partial charge in [-0.15, -0.1) is 0 Å². The second-order valence-electron chi connectivity index (χ2n) is 7.64. The zero-order valence-electron chi connectivity index (χ0n) is 18.6. The largest absolute Gasteiger partial charge is 0.494 e. The van der Waals surface area contributed by atoms with Crippen LogP contribution >= 0.6 is 0 Å². The van der Waals surface area contributed by atoms with Gasteiger partial charge in [-0.05, 0) is 55.5 Å². The van der Waals surface area contributed by atoms with Gasteiger partial charge in [0.05, 0.1) is 13.2 Å². The number of benzene rings is 2. The average molecular weight is 426 g/mol. The molecule has 0 aliphatic rings. The maximum atomic E-state index is 12.1. The molecule has 0 heterocycles. The lowest BCUT2D eigenvalue weighted by Gasteiger charge is -2.08. The molecule has 2 rings (SSSR count). The highest BCUT2D eigenvalue weighted by atomic mass is 16.5. The highest BCUT2D eigenvalue weighted by molar-refractivity contribution is 5.90. The van der Waals surface area contributed by atoms with E-state index in [1.54, 1.807) is 0 Å². The van der Waals surface area contributed by atoms with Crippen LogP contribution in [0.4, 0.5) is 5.69 Å². The molecule has 0 aliphatic carbocycles. The SMILES string of the molecule is CCCCCCOc1ccc(NC(=O)CCCC(=O)OCCCc2ccccc2)cc1. The number of unbranched alkanes of at least 4 members (excludes halogenated alkanes) is 3. The molecule has 0 spiro atoms. The molecule has 0 unspecified atom stereocenters. The summed E-state index contributed by atoms with van der Waals surface area (Å²) < 4.78 is 11.0. The summed E-state index contributed by atoms with van der Waals surface area (Å²) in [5.41, 5.74) is 1.97. The van der Waals surface area contributed by atoms with E-state index in [0.29, 0.717) is 19.6 Å². The Morgan fingerprint density at radius 3 is 2.32 bits per heavy atom. The standard InChI is InChI=1S/C26H35NO4/c1-2-3-4-8-20-30-24-18-16-23(17-19-24)27-25(28)14-9-15-26(29)31-21-10-13-22-11-6-5-7-12-22/h5-7,11-12,16-19H,2-4,8-10,13-15,20-21H2,1H3,(H,27,28). The predicted molar refractivity (Wildman–Crippen MR) is 124 cm³/mol. The van der Waals surface area contributed by atoms with E-state index < -0.39 is 0 Å². The molecule has 0 saturated heterocycles. The minimum Gasteiger partial charge on any atom is -0.494 e. The lowest BCUT2D eigenvalue weighted by atomic mass is 10.1. The molecule has 0 aromatic heterocycles. The fourth-order valence-electron chi connectivity index (χ4n) is 3.15. The van der Waals surface area contributed by atoms with Crippen molar-refractivity contribution in [2.45, 2.75) is 64.7 Å². The predicted octanol–water partition coefficient (Wildman–Crippen LogP) is 5.93. The van der Waals surface area contributed by atoms with E-state index in [-0.39, 0.29) is 24.7 Å². The Labute approximate surface area is 186 Å². The summed E-state index contributed by atoms with van der Waals surface area (Å²) in [6.07, 6.45) is 7.40. The first kappa shape index (κ1) is 24.4. The normalized spacial score (nSPS) is 10.5. The first-order chi connectivity index (χ1) is 15.2. The van der Waals surface area contributed by atoms with Crippen molar-refractivity contribution in [3.63, 3.8) is 0 Å². The number of anilines is 1. The van der Waals surface area contributed by atoms with Gasteiger partial charge >= 0.3 is 5.97 Å². The Kier molecular flexibility index (Phi) is 11.9. The van der Waals surface area contributed by atoms with Crippen LogP contribution in [0, 0.1) is 0 Å². The van der Waals surface area contributed by atoms with Crippen LogP contribution in [0.15, 0.2) is 54.6 Å². The Balaban J connectivity index is 1.53. The number of rotatable bonds is 15. The van der Waals surface area contributed by atoms with Crippen molar-refractivity contribution in [1.82, 2.24) is 0 Å². The van der Waals surface area contributed by atoms with Crippen LogP contribution in [-0.4, -0.2) is 25.1 Å². The molecule has 1 amide bonds. The summed E-state index contributed by atoms with van der Waals surface area (Å²) in [6.45, 7) is 3.31. The topological polar surface area (TPSA) is 64.6 Å². The number of carbonyl (C=O) groups is 2. The number of hydrogen-bond donors (Lipinski definition) is 1. The third kappa shape index (κ3) is 11.2. The summed E-state index contributed by atoms with van der Waals surface area (Å²) in [4.78, 5) is 23.9. The van der Waals surface area contributed by atoms with Crippen LogP contribution in [0.1, 0.15) is 63.9 Å². The van der Waals surface area contributed by atoms with Gasteiger partial charge in [0.2, 0.25) is 5.91 Å². The number of ether oxygens (including phenoxy) is 2. The monoisotopic (exact) mass is 425 g/mol. The Morgan fingerprint density at radius 1 is 0.806 bits per heavy atom. The fraction of sp³-hybridized carbons (Fsp3) is 0.462. The molecule has 168 valence electrons. The van der Waals surface area contributed by atoms with E-state index >= 15 is 0 Å².